The maximum atomic E-state index is 14.1. The maximum Gasteiger partial charge on any atom is 0.419 e. The van der Waals surface area contributed by atoms with E-state index in [4.69, 9.17) is 5.11 Å². The van der Waals surface area contributed by atoms with E-state index in [1.54, 1.807) is 0 Å². The quantitative estimate of drug-likeness (QED) is 0.871. The van der Waals surface area contributed by atoms with E-state index in [9.17, 15) is 27.2 Å². The number of carboxylic acids is 1. The van der Waals surface area contributed by atoms with Crippen molar-refractivity contribution in [1.82, 2.24) is 0 Å². The van der Waals surface area contributed by atoms with Gasteiger partial charge >= 0.3 is 12.1 Å². The minimum absolute atomic E-state index is 0.0389. The lowest BCUT2D eigenvalue weighted by Gasteiger charge is -2.25. The summed E-state index contributed by atoms with van der Waals surface area (Å²) < 4.78 is 52.4. The van der Waals surface area contributed by atoms with Crippen molar-refractivity contribution in [2.45, 2.75) is 38.4 Å². The second-order valence-corrected chi connectivity index (χ2v) is 4.93. The van der Waals surface area contributed by atoms with Crippen LogP contribution in [0.3, 0.4) is 0 Å². The predicted octanol–water partition coefficient (Wildman–Crippen LogP) is 2.99. The first-order valence-electron chi connectivity index (χ1n) is 6.62. The molecule has 0 spiro atoms. The van der Waals surface area contributed by atoms with Gasteiger partial charge in [-0.3, -0.25) is 9.69 Å². The fraction of sp³-hybridized carbons (Fsp3) is 0.429. The van der Waals surface area contributed by atoms with Gasteiger partial charge in [0.2, 0.25) is 5.91 Å². The van der Waals surface area contributed by atoms with Gasteiger partial charge in [0, 0.05) is 12.0 Å². The Balaban J connectivity index is 2.59. The van der Waals surface area contributed by atoms with Gasteiger partial charge in [-0.05, 0) is 25.0 Å². The van der Waals surface area contributed by atoms with Crippen molar-refractivity contribution in [1.29, 1.82) is 0 Å². The third kappa shape index (κ3) is 2.65. The molecule has 1 aromatic rings. The van der Waals surface area contributed by atoms with Crippen LogP contribution in [0.1, 0.15) is 30.9 Å². The SMILES string of the molecule is CCc1c(N2C(=O)CCC2C(=O)O)ccc(C(F)(F)F)c1F. The summed E-state index contributed by atoms with van der Waals surface area (Å²) >= 11 is 0. The third-order valence-corrected chi connectivity index (χ3v) is 3.63. The summed E-state index contributed by atoms with van der Waals surface area (Å²) in [6, 6.07) is 0.312. The number of hydrogen-bond donors (Lipinski definition) is 1. The molecule has 120 valence electrons. The molecule has 2 rings (SSSR count). The molecule has 1 aromatic carbocycles. The van der Waals surface area contributed by atoms with E-state index in [-0.39, 0.29) is 30.5 Å². The number of alkyl halides is 3. The molecule has 0 radical (unpaired) electrons. The first kappa shape index (κ1) is 16.3. The van der Waals surface area contributed by atoms with Crippen LogP contribution in [0.2, 0.25) is 0 Å². The van der Waals surface area contributed by atoms with Crippen LogP contribution in [-0.2, 0) is 22.2 Å². The fourth-order valence-electron chi connectivity index (χ4n) is 2.61. The molecule has 1 aliphatic rings. The zero-order valence-corrected chi connectivity index (χ0v) is 11.6. The second-order valence-electron chi connectivity index (χ2n) is 4.93. The van der Waals surface area contributed by atoms with Gasteiger partial charge in [-0.15, -0.1) is 0 Å². The topological polar surface area (TPSA) is 57.6 Å². The van der Waals surface area contributed by atoms with Crippen molar-refractivity contribution < 1.29 is 32.3 Å². The minimum Gasteiger partial charge on any atom is -0.480 e. The number of benzene rings is 1. The highest BCUT2D eigenvalue weighted by atomic mass is 19.4. The zero-order chi connectivity index (χ0) is 16.7. The minimum atomic E-state index is -4.85. The van der Waals surface area contributed by atoms with Crippen LogP contribution < -0.4 is 4.90 Å². The molecule has 1 saturated heterocycles. The molecule has 0 bridgehead atoms. The average molecular weight is 319 g/mol. The van der Waals surface area contributed by atoms with Crippen LogP contribution in [0.25, 0.3) is 0 Å². The van der Waals surface area contributed by atoms with E-state index in [2.05, 4.69) is 0 Å². The van der Waals surface area contributed by atoms with Crippen LogP contribution in [0.4, 0.5) is 23.2 Å². The summed E-state index contributed by atoms with van der Waals surface area (Å²) in [7, 11) is 0. The van der Waals surface area contributed by atoms with Crippen LogP contribution in [0, 0.1) is 5.82 Å². The normalized spacial score (nSPS) is 18.9. The van der Waals surface area contributed by atoms with Crippen molar-refractivity contribution in [2.75, 3.05) is 4.90 Å². The highest BCUT2D eigenvalue weighted by Gasteiger charge is 2.40. The maximum absolute atomic E-state index is 14.1. The smallest absolute Gasteiger partial charge is 0.419 e. The lowest BCUT2D eigenvalue weighted by atomic mass is 10.0. The molecule has 1 amide bonds. The highest BCUT2D eigenvalue weighted by molar-refractivity contribution is 6.02. The van der Waals surface area contributed by atoms with Crippen molar-refractivity contribution in [3.63, 3.8) is 0 Å². The first-order chi connectivity index (χ1) is 10.2. The molecule has 1 unspecified atom stereocenters. The number of carbonyl (C=O) groups excluding carboxylic acids is 1. The Kier molecular flexibility index (Phi) is 4.12. The van der Waals surface area contributed by atoms with E-state index >= 15 is 0 Å². The number of carboxylic acid groups (broad SMARTS) is 1. The Morgan fingerprint density at radius 3 is 2.55 bits per heavy atom. The molecule has 8 heteroatoms. The summed E-state index contributed by atoms with van der Waals surface area (Å²) in [6.45, 7) is 1.44. The van der Waals surface area contributed by atoms with E-state index in [0.717, 1.165) is 11.0 Å². The molecule has 4 nitrogen and oxygen atoms in total. The van der Waals surface area contributed by atoms with Crippen molar-refractivity contribution >= 4 is 17.6 Å². The summed E-state index contributed by atoms with van der Waals surface area (Å²) in [5.41, 5.74) is -1.84. The Bertz CT molecular complexity index is 627. The third-order valence-electron chi connectivity index (χ3n) is 3.63. The number of halogens is 4. The molecule has 0 aromatic heterocycles. The Labute approximate surface area is 123 Å². The number of anilines is 1. The molecule has 0 saturated carbocycles. The molecule has 1 N–H and O–H groups in total. The van der Waals surface area contributed by atoms with E-state index in [1.807, 2.05) is 0 Å². The van der Waals surface area contributed by atoms with Gasteiger partial charge in [0.15, 0.2) is 0 Å². The van der Waals surface area contributed by atoms with Gasteiger partial charge in [0.05, 0.1) is 11.3 Å². The van der Waals surface area contributed by atoms with E-state index in [0.29, 0.717) is 6.07 Å². The summed E-state index contributed by atoms with van der Waals surface area (Å²) in [5.74, 6) is -3.27. The summed E-state index contributed by atoms with van der Waals surface area (Å²) in [5, 5.41) is 9.11. The van der Waals surface area contributed by atoms with Gasteiger partial charge in [-0.1, -0.05) is 6.92 Å². The van der Waals surface area contributed by atoms with Crippen LogP contribution in [-0.4, -0.2) is 23.0 Å². The number of rotatable bonds is 3. The number of aliphatic carboxylic acids is 1. The molecule has 1 heterocycles. The standard InChI is InChI=1S/C14H13F4NO3/c1-2-7-9(4-3-8(12(7)15)14(16,17)18)19-10(13(21)22)5-6-11(19)20/h3-4,10H,2,5-6H2,1H3,(H,21,22). The fourth-order valence-corrected chi connectivity index (χ4v) is 2.61. The van der Waals surface area contributed by atoms with E-state index in [1.165, 1.54) is 6.92 Å². The van der Waals surface area contributed by atoms with Crippen LogP contribution >= 0.6 is 0 Å². The van der Waals surface area contributed by atoms with Crippen LogP contribution in [0.15, 0.2) is 12.1 Å². The number of carbonyl (C=O) groups is 2. The number of amides is 1. The van der Waals surface area contributed by atoms with E-state index < -0.39 is 35.5 Å². The monoisotopic (exact) mass is 319 g/mol. The number of nitrogens with zero attached hydrogens (tertiary/aromatic N) is 1. The molecule has 1 atom stereocenters. The molecule has 22 heavy (non-hydrogen) atoms. The van der Waals surface area contributed by atoms with Crippen molar-refractivity contribution in [2.24, 2.45) is 0 Å². The number of hydrogen-bond acceptors (Lipinski definition) is 2. The zero-order valence-electron chi connectivity index (χ0n) is 11.6. The predicted molar refractivity (Wildman–Crippen MR) is 68.9 cm³/mol. The van der Waals surface area contributed by atoms with Gasteiger partial charge in [0.25, 0.3) is 0 Å². The van der Waals surface area contributed by atoms with Gasteiger partial charge in [-0.2, -0.15) is 13.2 Å². The van der Waals surface area contributed by atoms with Gasteiger partial charge in [0.1, 0.15) is 11.9 Å². The lowest BCUT2D eigenvalue weighted by Crippen LogP contribution is -2.39. The molecular weight excluding hydrogens is 306 g/mol. The second kappa shape index (κ2) is 5.58. The molecule has 1 aliphatic heterocycles. The molecular formula is C14H13F4NO3. The molecule has 1 fully saturated rings. The Hall–Kier alpha value is -2.12. The van der Waals surface area contributed by atoms with Gasteiger partial charge in [-0.25, -0.2) is 9.18 Å². The Morgan fingerprint density at radius 2 is 2.05 bits per heavy atom. The highest BCUT2D eigenvalue weighted by Crippen LogP contribution is 2.38. The largest absolute Gasteiger partial charge is 0.480 e. The first-order valence-corrected chi connectivity index (χ1v) is 6.62. The van der Waals surface area contributed by atoms with Crippen LogP contribution in [0.5, 0.6) is 0 Å². The summed E-state index contributed by atoms with van der Waals surface area (Å²) in [6.07, 6.45) is -4.95. The van der Waals surface area contributed by atoms with Gasteiger partial charge < -0.3 is 5.11 Å². The van der Waals surface area contributed by atoms with Crippen molar-refractivity contribution in [3.05, 3.63) is 29.1 Å². The average Bonchev–Trinajstić information content (AvgIpc) is 2.78. The Morgan fingerprint density at radius 1 is 1.41 bits per heavy atom. The lowest BCUT2D eigenvalue weighted by molar-refractivity contribution is -0.140. The summed E-state index contributed by atoms with van der Waals surface area (Å²) in [4.78, 5) is 23.9. The van der Waals surface area contributed by atoms with Crippen molar-refractivity contribution in [3.8, 4) is 0 Å². The molecule has 0 aliphatic carbocycles.